The molecule has 1 amide bonds. The molecule has 18 heavy (non-hydrogen) atoms. The Morgan fingerprint density at radius 2 is 2.44 bits per heavy atom. The molecule has 0 bridgehead atoms. The number of halogens is 2. The fourth-order valence-electron chi connectivity index (χ4n) is 2.12. The second-order valence-corrected chi connectivity index (χ2v) is 6.38. The van der Waals surface area contributed by atoms with Gasteiger partial charge in [-0.3, -0.25) is 4.79 Å². The Bertz CT molecular complexity index is 393. The average Bonchev–Trinajstić information content (AvgIpc) is 2.75. The van der Waals surface area contributed by atoms with Crippen LogP contribution in [-0.4, -0.2) is 30.9 Å². The summed E-state index contributed by atoms with van der Waals surface area (Å²) in [6.07, 6.45) is 2.12. The van der Waals surface area contributed by atoms with Gasteiger partial charge in [0.2, 0.25) is 5.91 Å². The van der Waals surface area contributed by atoms with Crippen molar-refractivity contribution in [1.82, 2.24) is 10.2 Å². The van der Waals surface area contributed by atoms with E-state index in [0.717, 1.165) is 30.4 Å². The third-order valence-electron chi connectivity index (χ3n) is 3.04. The minimum absolute atomic E-state index is 0. The number of piperidine rings is 1. The third kappa shape index (κ3) is 4.23. The van der Waals surface area contributed by atoms with E-state index in [1.54, 1.807) is 11.3 Å². The molecule has 0 aromatic carbocycles. The number of carbonyl (C=O) groups excluding carboxylic acids is 1. The van der Waals surface area contributed by atoms with E-state index < -0.39 is 0 Å². The molecule has 1 aliphatic rings. The summed E-state index contributed by atoms with van der Waals surface area (Å²) in [7, 11) is 1.89. The molecule has 0 radical (unpaired) electrons. The molecule has 2 heterocycles. The van der Waals surface area contributed by atoms with Crippen molar-refractivity contribution in [2.24, 2.45) is 5.92 Å². The molecular formula is C12H18BrClN2OS. The van der Waals surface area contributed by atoms with Gasteiger partial charge >= 0.3 is 0 Å². The molecule has 102 valence electrons. The molecular weight excluding hydrogens is 336 g/mol. The number of carbonyl (C=O) groups is 1. The minimum atomic E-state index is 0. The first-order valence-electron chi connectivity index (χ1n) is 5.85. The number of nitrogens with one attached hydrogen (secondary N) is 1. The summed E-state index contributed by atoms with van der Waals surface area (Å²) in [4.78, 5) is 15.3. The monoisotopic (exact) mass is 352 g/mol. The number of rotatable bonds is 3. The molecule has 1 atom stereocenters. The quantitative estimate of drug-likeness (QED) is 0.906. The second kappa shape index (κ2) is 7.48. The molecule has 0 saturated carbocycles. The van der Waals surface area contributed by atoms with Crippen LogP contribution in [-0.2, 0) is 11.3 Å². The Kier molecular flexibility index (Phi) is 6.63. The van der Waals surface area contributed by atoms with Crippen molar-refractivity contribution in [3.05, 3.63) is 20.8 Å². The van der Waals surface area contributed by atoms with Crippen LogP contribution in [0.5, 0.6) is 0 Å². The van der Waals surface area contributed by atoms with Crippen LogP contribution in [0.2, 0.25) is 0 Å². The largest absolute Gasteiger partial charge is 0.340 e. The first-order valence-corrected chi connectivity index (χ1v) is 7.52. The summed E-state index contributed by atoms with van der Waals surface area (Å²) in [6.45, 7) is 2.59. The van der Waals surface area contributed by atoms with Crippen molar-refractivity contribution in [2.45, 2.75) is 19.4 Å². The lowest BCUT2D eigenvalue weighted by Gasteiger charge is -2.26. The van der Waals surface area contributed by atoms with Gasteiger partial charge < -0.3 is 10.2 Å². The normalized spacial score (nSPS) is 19.1. The Balaban J connectivity index is 0.00000162. The topological polar surface area (TPSA) is 32.3 Å². The van der Waals surface area contributed by atoms with Crippen LogP contribution in [0.25, 0.3) is 0 Å². The van der Waals surface area contributed by atoms with Gasteiger partial charge in [-0.1, -0.05) is 0 Å². The van der Waals surface area contributed by atoms with E-state index in [-0.39, 0.29) is 24.2 Å². The van der Waals surface area contributed by atoms with Crippen LogP contribution >= 0.6 is 39.7 Å². The zero-order valence-corrected chi connectivity index (χ0v) is 13.5. The van der Waals surface area contributed by atoms with E-state index in [1.807, 2.05) is 11.9 Å². The van der Waals surface area contributed by atoms with Crippen LogP contribution in [0.1, 0.15) is 17.7 Å². The van der Waals surface area contributed by atoms with E-state index in [1.165, 1.54) is 4.88 Å². The molecule has 1 aliphatic heterocycles. The highest BCUT2D eigenvalue weighted by Gasteiger charge is 2.23. The van der Waals surface area contributed by atoms with Gasteiger partial charge in [0.1, 0.15) is 0 Å². The standard InChI is InChI=1S/C12H17BrN2OS.ClH/c1-15(7-11-5-10(13)8-17-11)12(16)9-3-2-4-14-6-9;/h5,8-9,14H,2-4,6-7H2,1H3;1H. The molecule has 0 spiro atoms. The SMILES string of the molecule is CN(Cc1cc(Br)cs1)C(=O)C1CCCNC1.Cl. The summed E-state index contributed by atoms with van der Waals surface area (Å²) < 4.78 is 1.10. The van der Waals surface area contributed by atoms with Gasteiger partial charge in [0.05, 0.1) is 12.5 Å². The maximum Gasteiger partial charge on any atom is 0.227 e. The van der Waals surface area contributed by atoms with Crippen LogP contribution in [0.15, 0.2) is 15.9 Å². The van der Waals surface area contributed by atoms with Gasteiger partial charge in [-0.05, 0) is 41.4 Å². The van der Waals surface area contributed by atoms with E-state index in [4.69, 9.17) is 0 Å². The van der Waals surface area contributed by atoms with Crippen molar-refractivity contribution in [3.63, 3.8) is 0 Å². The highest BCUT2D eigenvalue weighted by molar-refractivity contribution is 9.10. The van der Waals surface area contributed by atoms with Crippen molar-refractivity contribution in [3.8, 4) is 0 Å². The van der Waals surface area contributed by atoms with Crippen LogP contribution in [0, 0.1) is 5.92 Å². The fraction of sp³-hybridized carbons (Fsp3) is 0.583. The fourth-order valence-corrected chi connectivity index (χ4v) is 3.63. The van der Waals surface area contributed by atoms with Gasteiger partial charge in [0, 0.05) is 28.3 Å². The van der Waals surface area contributed by atoms with Gasteiger partial charge in [0.15, 0.2) is 0 Å². The molecule has 1 unspecified atom stereocenters. The number of nitrogens with zero attached hydrogens (tertiary/aromatic N) is 1. The predicted molar refractivity (Wildman–Crippen MR) is 81.3 cm³/mol. The van der Waals surface area contributed by atoms with Gasteiger partial charge in [-0.25, -0.2) is 0 Å². The van der Waals surface area contributed by atoms with E-state index in [9.17, 15) is 4.79 Å². The summed E-state index contributed by atoms with van der Waals surface area (Å²) in [6, 6.07) is 2.08. The Morgan fingerprint density at radius 1 is 1.67 bits per heavy atom. The lowest BCUT2D eigenvalue weighted by atomic mass is 9.98. The van der Waals surface area contributed by atoms with Gasteiger partial charge in [-0.2, -0.15) is 0 Å². The molecule has 1 aromatic rings. The molecule has 1 aromatic heterocycles. The van der Waals surface area contributed by atoms with E-state index in [2.05, 4.69) is 32.7 Å². The molecule has 1 N–H and O–H groups in total. The van der Waals surface area contributed by atoms with Crippen LogP contribution in [0.3, 0.4) is 0 Å². The second-order valence-electron chi connectivity index (χ2n) is 4.47. The molecule has 2 rings (SSSR count). The summed E-state index contributed by atoms with van der Waals surface area (Å²) >= 11 is 5.12. The van der Waals surface area contributed by atoms with E-state index >= 15 is 0 Å². The van der Waals surface area contributed by atoms with Crippen molar-refractivity contribution >= 4 is 45.6 Å². The lowest BCUT2D eigenvalue weighted by molar-refractivity contribution is -0.135. The maximum atomic E-state index is 12.2. The third-order valence-corrected chi connectivity index (χ3v) is 4.72. The predicted octanol–water partition coefficient (Wildman–Crippen LogP) is 2.89. The number of thiophene rings is 1. The Labute approximate surface area is 126 Å². The first-order chi connectivity index (χ1) is 8.16. The van der Waals surface area contributed by atoms with Crippen molar-refractivity contribution < 1.29 is 4.79 Å². The van der Waals surface area contributed by atoms with Gasteiger partial charge in [-0.15, -0.1) is 23.7 Å². The maximum absolute atomic E-state index is 12.2. The summed E-state index contributed by atoms with van der Waals surface area (Å²) in [5, 5.41) is 5.34. The molecule has 6 heteroatoms. The number of hydrogen-bond donors (Lipinski definition) is 1. The first kappa shape index (κ1) is 16.0. The summed E-state index contributed by atoms with van der Waals surface area (Å²) in [5.74, 6) is 0.430. The van der Waals surface area contributed by atoms with Crippen LogP contribution < -0.4 is 5.32 Å². The van der Waals surface area contributed by atoms with Crippen LogP contribution in [0.4, 0.5) is 0 Å². The summed E-state index contributed by atoms with van der Waals surface area (Å²) in [5.41, 5.74) is 0. The highest BCUT2D eigenvalue weighted by atomic mass is 79.9. The highest BCUT2D eigenvalue weighted by Crippen LogP contribution is 2.22. The Hall–Kier alpha value is -0.100. The lowest BCUT2D eigenvalue weighted by Crippen LogP contribution is -2.41. The minimum Gasteiger partial charge on any atom is -0.340 e. The van der Waals surface area contributed by atoms with Crippen molar-refractivity contribution in [2.75, 3.05) is 20.1 Å². The average molecular weight is 354 g/mol. The molecule has 3 nitrogen and oxygen atoms in total. The Morgan fingerprint density at radius 3 is 3.00 bits per heavy atom. The molecule has 1 fully saturated rings. The van der Waals surface area contributed by atoms with E-state index in [0.29, 0.717) is 6.54 Å². The molecule has 0 aliphatic carbocycles. The zero-order valence-electron chi connectivity index (χ0n) is 10.3. The molecule has 1 saturated heterocycles. The number of hydrogen-bond acceptors (Lipinski definition) is 3. The van der Waals surface area contributed by atoms with Gasteiger partial charge in [0.25, 0.3) is 0 Å². The van der Waals surface area contributed by atoms with Crippen molar-refractivity contribution in [1.29, 1.82) is 0 Å². The zero-order chi connectivity index (χ0) is 12.3. The smallest absolute Gasteiger partial charge is 0.227 e. The number of amides is 1.